The number of hydrogen-bond acceptors (Lipinski definition) is 4. The molecule has 1 aromatic heterocycles. The Bertz CT molecular complexity index is 491. The third kappa shape index (κ3) is 2.58. The van der Waals surface area contributed by atoms with Gasteiger partial charge in [-0.05, 0) is 25.0 Å². The van der Waals surface area contributed by atoms with E-state index in [0.29, 0.717) is 6.61 Å². The smallest absolute Gasteiger partial charge is 0.201 e. The third-order valence-corrected chi connectivity index (χ3v) is 4.04. The van der Waals surface area contributed by atoms with E-state index in [1.165, 1.54) is 11.5 Å². The molecular formula is C13H18N2OS. The Hall–Kier alpha value is -1.13. The molecule has 0 aliphatic rings. The molecule has 0 saturated carbocycles. The van der Waals surface area contributed by atoms with Crippen molar-refractivity contribution < 1.29 is 4.74 Å². The highest BCUT2D eigenvalue weighted by Crippen LogP contribution is 2.30. The van der Waals surface area contributed by atoms with Crippen molar-refractivity contribution in [3.63, 3.8) is 0 Å². The van der Waals surface area contributed by atoms with Crippen LogP contribution in [0.15, 0.2) is 24.3 Å². The number of hydrogen-bond donors (Lipinski definition) is 1. The molecule has 0 aliphatic carbocycles. The van der Waals surface area contributed by atoms with Crippen LogP contribution in [0.25, 0.3) is 10.9 Å². The van der Waals surface area contributed by atoms with Crippen LogP contribution in [-0.2, 0) is 0 Å². The summed E-state index contributed by atoms with van der Waals surface area (Å²) in [6, 6.07) is 8.01. The SMILES string of the molecule is CCC(N)(CC)COc1snc2ccccc12. The molecule has 2 rings (SSSR count). The first-order chi connectivity index (χ1) is 8.18. The number of fused-ring (bicyclic) bond motifs is 1. The maximum Gasteiger partial charge on any atom is 0.201 e. The minimum atomic E-state index is -0.231. The van der Waals surface area contributed by atoms with Crippen molar-refractivity contribution in [2.24, 2.45) is 5.73 Å². The van der Waals surface area contributed by atoms with Crippen molar-refractivity contribution in [3.05, 3.63) is 24.3 Å². The molecule has 2 N–H and O–H groups in total. The van der Waals surface area contributed by atoms with Gasteiger partial charge in [-0.3, -0.25) is 0 Å². The highest BCUT2D eigenvalue weighted by molar-refractivity contribution is 7.09. The highest BCUT2D eigenvalue weighted by atomic mass is 32.1. The molecule has 0 bridgehead atoms. The predicted molar refractivity (Wildman–Crippen MR) is 72.6 cm³/mol. The van der Waals surface area contributed by atoms with Gasteiger partial charge in [-0.25, -0.2) is 0 Å². The first-order valence-corrected chi connectivity index (χ1v) is 6.72. The van der Waals surface area contributed by atoms with Crippen molar-refractivity contribution in [1.29, 1.82) is 0 Å². The minimum absolute atomic E-state index is 0.231. The molecule has 92 valence electrons. The molecular weight excluding hydrogens is 232 g/mol. The van der Waals surface area contributed by atoms with Gasteiger partial charge in [0.15, 0.2) is 0 Å². The Labute approximate surface area is 106 Å². The number of aromatic nitrogens is 1. The minimum Gasteiger partial charge on any atom is -0.480 e. The normalized spacial score (nSPS) is 11.9. The average molecular weight is 250 g/mol. The standard InChI is InChI=1S/C13H18N2OS/c1-3-13(14,4-2)9-16-12-10-7-5-6-8-11(10)15-17-12/h5-8H,3-4,9,14H2,1-2H3. The molecule has 3 nitrogen and oxygen atoms in total. The Morgan fingerprint density at radius 1 is 1.29 bits per heavy atom. The number of rotatable bonds is 5. The average Bonchev–Trinajstić information content (AvgIpc) is 2.79. The molecule has 0 saturated heterocycles. The van der Waals surface area contributed by atoms with Crippen molar-refractivity contribution in [3.8, 4) is 5.06 Å². The number of nitrogens with zero attached hydrogens (tertiary/aromatic N) is 1. The van der Waals surface area contributed by atoms with E-state index in [1.54, 1.807) is 0 Å². The van der Waals surface area contributed by atoms with Crippen LogP contribution >= 0.6 is 11.5 Å². The van der Waals surface area contributed by atoms with Crippen LogP contribution in [0.4, 0.5) is 0 Å². The summed E-state index contributed by atoms with van der Waals surface area (Å²) in [4.78, 5) is 0. The molecule has 0 aliphatic heterocycles. The van der Waals surface area contributed by atoms with E-state index < -0.39 is 0 Å². The summed E-state index contributed by atoms with van der Waals surface area (Å²) in [6.07, 6.45) is 1.83. The molecule has 1 heterocycles. The van der Waals surface area contributed by atoms with Crippen LogP contribution in [0.1, 0.15) is 26.7 Å². The van der Waals surface area contributed by atoms with Crippen LogP contribution in [0.2, 0.25) is 0 Å². The van der Waals surface area contributed by atoms with Crippen LogP contribution in [0, 0.1) is 0 Å². The zero-order chi connectivity index (χ0) is 12.3. The maximum atomic E-state index is 6.22. The molecule has 0 spiro atoms. The van der Waals surface area contributed by atoms with Gasteiger partial charge in [0.25, 0.3) is 0 Å². The molecule has 0 amide bonds. The van der Waals surface area contributed by atoms with E-state index in [1.807, 2.05) is 24.3 Å². The van der Waals surface area contributed by atoms with Gasteiger partial charge in [0.05, 0.1) is 10.9 Å². The lowest BCUT2D eigenvalue weighted by atomic mass is 9.96. The maximum absolute atomic E-state index is 6.22. The van der Waals surface area contributed by atoms with Crippen LogP contribution < -0.4 is 10.5 Å². The van der Waals surface area contributed by atoms with Gasteiger partial charge in [0.2, 0.25) is 5.06 Å². The van der Waals surface area contributed by atoms with E-state index in [4.69, 9.17) is 10.5 Å². The van der Waals surface area contributed by atoms with Crippen LogP contribution in [0.5, 0.6) is 5.06 Å². The van der Waals surface area contributed by atoms with E-state index in [2.05, 4.69) is 18.2 Å². The molecule has 0 atom stereocenters. The van der Waals surface area contributed by atoms with E-state index in [0.717, 1.165) is 28.8 Å². The Kier molecular flexibility index (Phi) is 3.64. The molecule has 0 unspecified atom stereocenters. The number of nitrogens with two attached hydrogens (primary N) is 1. The summed E-state index contributed by atoms with van der Waals surface area (Å²) in [5.41, 5.74) is 6.97. The van der Waals surface area contributed by atoms with Gasteiger partial charge in [0, 0.05) is 17.1 Å². The lowest BCUT2D eigenvalue weighted by molar-refractivity contribution is 0.214. The van der Waals surface area contributed by atoms with E-state index in [-0.39, 0.29) is 5.54 Å². The summed E-state index contributed by atoms with van der Waals surface area (Å²) in [7, 11) is 0. The molecule has 17 heavy (non-hydrogen) atoms. The Morgan fingerprint density at radius 2 is 2.00 bits per heavy atom. The quantitative estimate of drug-likeness (QED) is 0.886. The fraction of sp³-hybridized carbons (Fsp3) is 0.462. The Balaban J connectivity index is 2.14. The zero-order valence-electron chi connectivity index (χ0n) is 10.3. The second-order valence-electron chi connectivity index (χ2n) is 4.35. The first-order valence-electron chi connectivity index (χ1n) is 5.94. The van der Waals surface area contributed by atoms with E-state index in [9.17, 15) is 0 Å². The molecule has 0 radical (unpaired) electrons. The van der Waals surface area contributed by atoms with Gasteiger partial charge >= 0.3 is 0 Å². The zero-order valence-corrected chi connectivity index (χ0v) is 11.1. The monoisotopic (exact) mass is 250 g/mol. The summed E-state index contributed by atoms with van der Waals surface area (Å²) < 4.78 is 10.2. The summed E-state index contributed by atoms with van der Waals surface area (Å²) in [5.74, 6) is 0. The number of ether oxygens (including phenoxy) is 1. The van der Waals surface area contributed by atoms with Gasteiger partial charge in [0.1, 0.15) is 6.61 Å². The molecule has 2 aromatic rings. The topological polar surface area (TPSA) is 48.1 Å². The molecule has 1 aromatic carbocycles. The van der Waals surface area contributed by atoms with Crippen molar-refractivity contribution in [2.45, 2.75) is 32.2 Å². The first kappa shape index (κ1) is 12.3. The van der Waals surface area contributed by atoms with Gasteiger partial charge in [-0.1, -0.05) is 26.0 Å². The fourth-order valence-electron chi connectivity index (χ4n) is 1.63. The summed E-state index contributed by atoms with van der Waals surface area (Å²) in [5, 5.41) is 1.95. The second-order valence-corrected chi connectivity index (χ2v) is 5.08. The lowest BCUT2D eigenvalue weighted by Gasteiger charge is -2.25. The number of benzene rings is 1. The highest BCUT2D eigenvalue weighted by Gasteiger charge is 2.22. The largest absolute Gasteiger partial charge is 0.480 e. The van der Waals surface area contributed by atoms with E-state index >= 15 is 0 Å². The second kappa shape index (κ2) is 5.02. The van der Waals surface area contributed by atoms with Gasteiger partial charge in [-0.15, -0.1) is 0 Å². The molecule has 0 fully saturated rings. The predicted octanol–water partition coefficient (Wildman–Crippen LogP) is 3.19. The summed E-state index contributed by atoms with van der Waals surface area (Å²) in [6.45, 7) is 4.74. The lowest BCUT2D eigenvalue weighted by Crippen LogP contribution is -2.44. The third-order valence-electron chi connectivity index (χ3n) is 3.25. The van der Waals surface area contributed by atoms with Crippen molar-refractivity contribution in [1.82, 2.24) is 4.37 Å². The summed E-state index contributed by atoms with van der Waals surface area (Å²) >= 11 is 1.40. The van der Waals surface area contributed by atoms with Crippen molar-refractivity contribution >= 4 is 22.4 Å². The van der Waals surface area contributed by atoms with Crippen LogP contribution in [-0.4, -0.2) is 16.5 Å². The van der Waals surface area contributed by atoms with Crippen molar-refractivity contribution in [2.75, 3.05) is 6.61 Å². The van der Waals surface area contributed by atoms with Gasteiger partial charge < -0.3 is 10.5 Å². The van der Waals surface area contributed by atoms with Gasteiger partial charge in [-0.2, -0.15) is 4.37 Å². The fourth-order valence-corrected chi connectivity index (χ4v) is 2.36. The van der Waals surface area contributed by atoms with Crippen LogP contribution in [0.3, 0.4) is 0 Å². The molecule has 4 heteroatoms. The Morgan fingerprint density at radius 3 is 2.71 bits per heavy atom.